The number of rotatable bonds is 3. The van der Waals surface area contributed by atoms with Crippen LogP contribution in [0.15, 0.2) is 0 Å². The molecule has 5 rings (SSSR count). The van der Waals surface area contributed by atoms with Crippen LogP contribution in [0.1, 0.15) is 44.9 Å². The molecule has 0 aromatic carbocycles. The summed E-state index contributed by atoms with van der Waals surface area (Å²) in [4.78, 5) is 12.2. The molecule has 4 saturated carbocycles. The highest BCUT2D eigenvalue weighted by molar-refractivity contribution is 5.73. The molecule has 1 saturated heterocycles. The van der Waals surface area contributed by atoms with Crippen molar-refractivity contribution in [3.05, 3.63) is 0 Å². The van der Waals surface area contributed by atoms with Gasteiger partial charge in [0, 0.05) is 6.61 Å². The smallest absolute Gasteiger partial charge is 0.309 e. The predicted molar refractivity (Wildman–Crippen MR) is 76.4 cm³/mol. The van der Waals surface area contributed by atoms with Crippen molar-refractivity contribution in [3.63, 3.8) is 0 Å². The summed E-state index contributed by atoms with van der Waals surface area (Å²) in [6.07, 6.45) is 8.31. The van der Waals surface area contributed by atoms with E-state index in [1.165, 1.54) is 26.4 Å². The van der Waals surface area contributed by atoms with Crippen LogP contribution in [0.4, 0.5) is 0 Å². The van der Waals surface area contributed by atoms with Crippen LogP contribution in [-0.2, 0) is 19.0 Å². The van der Waals surface area contributed by atoms with E-state index in [1.54, 1.807) is 0 Å². The summed E-state index contributed by atoms with van der Waals surface area (Å²) in [6.45, 7) is 0.818. The third-order valence-corrected chi connectivity index (χ3v) is 6.26. The summed E-state index contributed by atoms with van der Waals surface area (Å²) < 4.78 is 17.2. The van der Waals surface area contributed by atoms with Crippen LogP contribution in [0, 0.1) is 29.6 Å². The van der Waals surface area contributed by atoms with E-state index in [-0.39, 0.29) is 24.3 Å². The van der Waals surface area contributed by atoms with E-state index in [0.29, 0.717) is 17.8 Å². The summed E-state index contributed by atoms with van der Waals surface area (Å²) in [6, 6.07) is 0. The average Bonchev–Trinajstić information content (AvgIpc) is 2.51. The van der Waals surface area contributed by atoms with Gasteiger partial charge in [0.25, 0.3) is 0 Å². The number of carbonyl (C=O) groups excluding carboxylic acids is 1. The van der Waals surface area contributed by atoms with Crippen LogP contribution in [-0.4, -0.2) is 32.1 Å². The molecule has 5 fully saturated rings. The lowest BCUT2D eigenvalue weighted by molar-refractivity contribution is -0.248. The van der Waals surface area contributed by atoms with Crippen molar-refractivity contribution in [2.75, 3.05) is 13.7 Å². The van der Waals surface area contributed by atoms with Crippen LogP contribution in [0.2, 0.25) is 0 Å². The highest BCUT2D eigenvalue weighted by Gasteiger charge is 2.57. The minimum atomic E-state index is -0.0421. The fraction of sp³-hybridized carbons (Fsp3) is 0.941. The lowest BCUT2D eigenvalue weighted by Crippen LogP contribution is -2.57. The van der Waals surface area contributed by atoms with Gasteiger partial charge in [0.15, 0.2) is 6.29 Å². The zero-order chi connectivity index (χ0) is 14.4. The second-order valence-corrected chi connectivity index (χ2v) is 7.44. The maximum atomic E-state index is 12.2. The Hall–Kier alpha value is -0.610. The molecule has 4 heteroatoms. The van der Waals surface area contributed by atoms with Gasteiger partial charge in [-0.2, -0.15) is 0 Å². The molecule has 0 N–H and O–H groups in total. The van der Waals surface area contributed by atoms with Gasteiger partial charge in [0.1, 0.15) is 0 Å². The summed E-state index contributed by atoms with van der Waals surface area (Å²) in [5, 5.41) is 0. The number of hydrogen-bond donors (Lipinski definition) is 0. The van der Waals surface area contributed by atoms with Crippen molar-refractivity contribution in [1.29, 1.82) is 0 Å². The highest BCUT2D eigenvalue weighted by Crippen LogP contribution is 2.58. The Labute approximate surface area is 126 Å². The second kappa shape index (κ2) is 5.54. The normalized spacial score (nSPS) is 48.3. The molecule has 0 spiro atoms. The molecule has 5 aliphatic rings. The molecular formula is C17H26O4. The van der Waals surface area contributed by atoms with Crippen molar-refractivity contribution in [3.8, 4) is 0 Å². The Morgan fingerprint density at radius 3 is 2.71 bits per heavy atom. The number of ether oxygens (including phenoxy) is 3. The topological polar surface area (TPSA) is 44.8 Å². The Balaban J connectivity index is 1.51. The van der Waals surface area contributed by atoms with Crippen molar-refractivity contribution in [2.24, 2.45) is 29.6 Å². The quantitative estimate of drug-likeness (QED) is 0.751. The molecule has 118 valence electrons. The fourth-order valence-electron chi connectivity index (χ4n) is 5.57. The lowest BCUT2D eigenvalue weighted by atomic mass is 9.50. The van der Waals surface area contributed by atoms with Crippen LogP contribution < -0.4 is 0 Å². The largest absolute Gasteiger partial charge is 0.469 e. The van der Waals surface area contributed by atoms with Gasteiger partial charge in [-0.05, 0) is 68.6 Å². The van der Waals surface area contributed by atoms with Gasteiger partial charge in [-0.3, -0.25) is 4.79 Å². The number of carbonyl (C=O) groups is 1. The Bertz CT molecular complexity index is 404. The van der Waals surface area contributed by atoms with Gasteiger partial charge in [0.05, 0.1) is 19.1 Å². The monoisotopic (exact) mass is 294 g/mol. The van der Waals surface area contributed by atoms with Crippen molar-refractivity contribution in [2.45, 2.75) is 57.3 Å². The summed E-state index contributed by atoms with van der Waals surface area (Å²) in [5.41, 5.74) is 0. The van der Waals surface area contributed by atoms with Crippen LogP contribution in [0.5, 0.6) is 0 Å². The van der Waals surface area contributed by atoms with Crippen LogP contribution in [0.25, 0.3) is 0 Å². The van der Waals surface area contributed by atoms with Crippen molar-refractivity contribution < 1.29 is 19.0 Å². The molecule has 0 amide bonds. The van der Waals surface area contributed by atoms with Gasteiger partial charge in [-0.1, -0.05) is 0 Å². The van der Waals surface area contributed by atoms with E-state index in [4.69, 9.17) is 14.2 Å². The van der Waals surface area contributed by atoms with Gasteiger partial charge < -0.3 is 14.2 Å². The number of methoxy groups -OCH3 is 1. The molecular weight excluding hydrogens is 268 g/mol. The van der Waals surface area contributed by atoms with Gasteiger partial charge >= 0.3 is 5.97 Å². The van der Waals surface area contributed by atoms with Crippen LogP contribution >= 0.6 is 0 Å². The molecule has 4 bridgehead atoms. The van der Waals surface area contributed by atoms with E-state index in [2.05, 4.69) is 0 Å². The molecule has 0 unspecified atom stereocenters. The van der Waals surface area contributed by atoms with E-state index >= 15 is 0 Å². The minimum Gasteiger partial charge on any atom is -0.469 e. The van der Waals surface area contributed by atoms with Crippen molar-refractivity contribution >= 4 is 5.97 Å². The fourth-order valence-corrected chi connectivity index (χ4v) is 5.57. The summed E-state index contributed by atoms with van der Waals surface area (Å²) >= 11 is 0. The maximum Gasteiger partial charge on any atom is 0.309 e. The van der Waals surface area contributed by atoms with Crippen LogP contribution in [0.3, 0.4) is 0 Å². The molecule has 1 heterocycles. The first kappa shape index (κ1) is 14.0. The first-order chi connectivity index (χ1) is 10.3. The number of esters is 1. The highest BCUT2D eigenvalue weighted by atomic mass is 16.7. The number of hydrogen-bond acceptors (Lipinski definition) is 4. The van der Waals surface area contributed by atoms with Gasteiger partial charge in [-0.15, -0.1) is 0 Å². The molecule has 21 heavy (non-hydrogen) atoms. The van der Waals surface area contributed by atoms with E-state index < -0.39 is 0 Å². The van der Waals surface area contributed by atoms with E-state index in [1.807, 2.05) is 0 Å². The minimum absolute atomic E-state index is 0.0121. The summed E-state index contributed by atoms with van der Waals surface area (Å²) in [7, 11) is 1.52. The van der Waals surface area contributed by atoms with Crippen molar-refractivity contribution in [1.82, 2.24) is 0 Å². The SMILES string of the molecule is COC(=O)[C@@H]1[C@H]2C[C@H]3C[C@H](C2)[C@@H](O[C@@H]2CCCCO2)[C@H]1C3. The first-order valence-electron chi connectivity index (χ1n) is 8.61. The Morgan fingerprint density at radius 1 is 1.10 bits per heavy atom. The predicted octanol–water partition coefficient (Wildman–Crippen LogP) is 2.75. The zero-order valence-corrected chi connectivity index (χ0v) is 12.8. The van der Waals surface area contributed by atoms with E-state index in [0.717, 1.165) is 38.2 Å². The molecule has 1 aliphatic heterocycles. The molecule has 0 aromatic heterocycles. The molecule has 0 aromatic rings. The zero-order valence-electron chi connectivity index (χ0n) is 12.8. The third-order valence-electron chi connectivity index (χ3n) is 6.26. The average molecular weight is 294 g/mol. The third kappa shape index (κ3) is 2.40. The standard InChI is InChI=1S/C17H26O4/c1-19-17(18)15-11-6-10-7-12(9-11)16(13(15)8-10)21-14-4-2-3-5-20-14/h10-16H,2-9H2,1H3/t10-,11-,12+,13-,14+,15+,16+/m0/s1. The molecule has 4 nitrogen and oxygen atoms in total. The Kier molecular flexibility index (Phi) is 3.70. The van der Waals surface area contributed by atoms with E-state index in [9.17, 15) is 4.79 Å². The molecule has 0 radical (unpaired) electrons. The van der Waals surface area contributed by atoms with Gasteiger partial charge in [0.2, 0.25) is 0 Å². The second-order valence-electron chi connectivity index (χ2n) is 7.44. The Morgan fingerprint density at radius 2 is 1.95 bits per heavy atom. The maximum absolute atomic E-state index is 12.2. The molecule has 7 atom stereocenters. The summed E-state index contributed by atoms with van der Waals surface area (Å²) in [5.74, 6) is 2.40. The molecule has 4 aliphatic carbocycles. The van der Waals surface area contributed by atoms with Gasteiger partial charge in [-0.25, -0.2) is 0 Å². The first-order valence-corrected chi connectivity index (χ1v) is 8.61. The lowest BCUT2D eigenvalue weighted by Gasteiger charge is -2.57.